The number of rotatable bonds is 10. The largest absolute Gasteiger partial charge is 0.489 e. The zero-order chi connectivity index (χ0) is 45.0. The number of benzene rings is 6. The van der Waals surface area contributed by atoms with Crippen LogP contribution in [0.2, 0.25) is 0 Å². The molecule has 0 aromatic heterocycles. The molecule has 1 spiro atoms. The van der Waals surface area contributed by atoms with Crippen molar-refractivity contribution in [2.24, 2.45) is 23.7 Å². The molecule has 6 aromatic rings. The van der Waals surface area contributed by atoms with Crippen LogP contribution in [-0.4, -0.2) is 25.4 Å². The number of halogens is 2. The third-order valence-corrected chi connectivity index (χ3v) is 16.0. The van der Waals surface area contributed by atoms with E-state index in [1.165, 1.54) is 33.4 Å². The SMILES string of the molecule is CCC(C)C1Oc2cc3c(cc2OCC1CC)C1(c2cc(/C=C/c4ccc(Br)cc4)ccc2-c2ccc(/C=C/c4ccc(Br)cc4)cc21)c1cc2c(cc1-3)OC(C(C)CC)C(CC)CO2. The second kappa shape index (κ2) is 18.0. The Balaban J connectivity index is 1.23. The molecule has 6 aromatic carbocycles. The van der Waals surface area contributed by atoms with Gasteiger partial charge in [-0.25, -0.2) is 0 Å². The third-order valence-electron chi connectivity index (χ3n) is 14.9. The van der Waals surface area contributed by atoms with E-state index in [2.05, 4.69) is 207 Å². The van der Waals surface area contributed by atoms with Crippen LogP contribution < -0.4 is 18.9 Å². The molecule has 0 saturated carbocycles. The van der Waals surface area contributed by atoms with Gasteiger partial charge in [0.05, 0.1) is 18.6 Å². The molecule has 0 N–H and O–H groups in total. The lowest BCUT2D eigenvalue weighted by molar-refractivity contribution is 0.0712. The van der Waals surface area contributed by atoms with E-state index in [1.807, 2.05) is 0 Å². The third kappa shape index (κ3) is 7.76. The fourth-order valence-corrected chi connectivity index (χ4v) is 11.3. The molecule has 4 aliphatic rings. The van der Waals surface area contributed by atoms with Gasteiger partial charge in [-0.15, -0.1) is 0 Å². The molecule has 6 heteroatoms. The van der Waals surface area contributed by atoms with Gasteiger partial charge in [-0.1, -0.05) is 159 Å². The van der Waals surface area contributed by atoms with E-state index >= 15 is 0 Å². The van der Waals surface area contributed by atoms with Crippen LogP contribution in [0, 0.1) is 23.7 Å². The molecule has 65 heavy (non-hydrogen) atoms. The van der Waals surface area contributed by atoms with Crippen molar-refractivity contribution in [1.82, 2.24) is 0 Å². The Kier molecular flexibility index (Phi) is 12.1. The summed E-state index contributed by atoms with van der Waals surface area (Å²) in [5.41, 5.74) is 13.5. The van der Waals surface area contributed by atoms with Crippen molar-refractivity contribution in [1.29, 1.82) is 0 Å². The lowest BCUT2D eigenvalue weighted by atomic mass is 9.70. The second-order valence-electron chi connectivity index (χ2n) is 18.7. The highest BCUT2D eigenvalue weighted by Gasteiger charge is 2.53. The highest BCUT2D eigenvalue weighted by atomic mass is 79.9. The minimum Gasteiger partial charge on any atom is -0.489 e. The molecule has 2 aliphatic heterocycles. The first-order valence-electron chi connectivity index (χ1n) is 23.8. The Bertz CT molecular complexity index is 2610. The molecule has 4 nitrogen and oxygen atoms in total. The van der Waals surface area contributed by atoms with Gasteiger partial charge in [0.25, 0.3) is 0 Å². The van der Waals surface area contributed by atoms with E-state index < -0.39 is 5.41 Å². The summed E-state index contributed by atoms with van der Waals surface area (Å²) in [6.07, 6.45) is 13.1. The molecule has 6 atom stereocenters. The smallest absolute Gasteiger partial charge is 0.162 e. The van der Waals surface area contributed by atoms with E-state index in [0.29, 0.717) is 25.0 Å². The van der Waals surface area contributed by atoms with Gasteiger partial charge >= 0.3 is 0 Å². The van der Waals surface area contributed by atoms with Gasteiger partial charge in [0, 0.05) is 20.8 Å². The van der Waals surface area contributed by atoms with Crippen molar-refractivity contribution in [3.05, 3.63) is 163 Å². The summed E-state index contributed by atoms with van der Waals surface area (Å²) >= 11 is 7.22. The van der Waals surface area contributed by atoms with Crippen LogP contribution in [0.1, 0.15) is 112 Å². The van der Waals surface area contributed by atoms with E-state index in [1.54, 1.807) is 0 Å². The first kappa shape index (κ1) is 43.8. The zero-order valence-electron chi connectivity index (χ0n) is 38.3. The Morgan fingerprint density at radius 3 is 1.23 bits per heavy atom. The molecule has 2 heterocycles. The van der Waals surface area contributed by atoms with Gasteiger partial charge in [-0.2, -0.15) is 0 Å². The summed E-state index contributed by atoms with van der Waals surface area (Å²) < 4.78 is 30.3. The predicted octanol–water partition coefficient (Wildman–Crippen LogP) is 16.3. The average molecular weight is 991 g/mol. The molecule has 0 saturated heterocycles. The Labute approximate surface area is 402 Å². The van der Waals surface area contributed by atoms with E-state index in [-0.39, 0.29) is 24.0 Å². The maximum atomic E-state index is 7.16. The maximum Gasteiger partial charge on any atom is 0.162 e. The van der Waals surface area contributed by atoms with Crippen molar-refractivity contribution in [3.63, 3.8) is 0 Å². The topological polar surface area (TPSA) is 36.9 Å². The van der Waals surface area contributed by atoms with Crippen LogP contribution in [0.4, 0.5) is 0 Å². The van der Waals surface area contributed by atoms with Crippen molar-refractivity contribution in [3.8, 4) is 45.3 Å². The number of ether oxygens (including phenoxy) is 4. The lowest BCUT2D eigenvalue weighted by Crippen LogP contribution is -2.34. The van der Waals surface area contributed by atoms with Crippen LogP contribution in [0.15, 0.2) is 118 Å². The van der Waals surface area contributed by atoms with Gasteiger partial charge < -0.3 is 18.9 Å². The standard InChI is InChI=1S/C59H58Br2O4/c1-7-35(5)57-41(9-3)33-62-53-31-51-47(29-55(53)64-57)48-30-56-54(63-34-42(10-4)58(65-56)36(6)8-2)32-52(48)59(51)49-27-39(13-11-37-15-21-43(60)22-16-37)19-25-45(49)46-26-20-40(28-50(46)59)14-12-38-17-23-44(61)24-18-38/h11-32,35-36,41-42,57-58H,7-10,33-34H2,1-6H3/b13-11+,14-12+. The molecule has 0 amide bonds. The first-order chi connectivity index (χ1) is 31.6. The molecule has 10 rings (SSSR count). The molecule has 0 fully saturated rings. The molecule has 2 aliphatic carbocycles. The lowest BCUT2D eigenvalue weighted by Gasteiger charge is -2.31. The summed E-state index contributed by atoms with van der Waals surface area (Å²) in [6, 6.07) is 40.2. The first-order valence-corrected chi connectivity index (χ1v) is 25.3. The fraction of sp³-hybridized carbons (Fsp3) is 0.322. The summed E-state index contributed by atoms with van der Waals surface area (Å²) in [5, 5.41) is 0. The fourth-order valence-electron chi connectivity index (χ4n) is 10.8. The van der Waals surface area contributed by atoms with E-state index in [4.69, 9.17) is 18.9 Å². The average Bonchev–Trinajstić information content (AvgIpc) is 3.56. The predicted molar refractivity (Wildman–Crippen MR) is 275 cm³/mol. The minimum absolute atomic E-state index is 0.0539. The highest BCUT2D eigenvalue weighted by Crippen LogP contribution is 2.66. The van der Waals surface area contributed by atoms with Crippen molar-refractivity contribution in [2.45, 2.75) is 84.8 Å². The van der Waals surface area contributed by atoms with Crippen molar-refractivity contribution < 1.29 is 18.9 Å². The highest BCUT2D eigenvalue weighted by molar-refractivity contribution is 9.10. The number of hydrogen-bond donors (Lipinski definition) is 0. The van der Waals surface area contributed by atoms with Crippen LogP contribution in [-0.2, 0) is 5.41 Å². The monoisotopic (exact) mass is 988 g/mol. The van der Waals surface area contributed by atoms with Gasteiger partial charge in [0.15, 0.2) is 23.0 Å². The second-order valence-corrected chi connectivity index (χ2v) is 20.5. The van der Waals surface area contributed by atoms with Crippen molar-refractivity contribution in [2.75, 3.05) is 13.2 Å². The van der Waals surface area contributed by atoms with Crippen LogP contribution in [0.3, 0.4) is 0 Å². The molecule has 6 unspecified atom stereocenters. The summed E-state index contributed by atoms with van der Waals surface area (Å²) in [6.45, 7) is 14.9. The number of fused-ring (bicyclic) bond motifs is 12. The molecule has 0 radical (unpaired) electrons. The van der Waals surface area contributed by atoms with Gasteiger partial charge in [0.2, 0.25) is 0 Å². The van der Waals surface area contributed by atoms with Crippen LogP contribution >= 0.6 is 31.9 Å². The van der Waals surface area contributed by atoms with E-state index in [9.17, 15) is 0 Å². The summed E-state index contributed by atoms with van der Waals surface area (Å²) in [5.74, 6) is 4.59. The summed E-state index contributed by atoms with van der Waals surface area (Å²) in [4.78, 5) is 0. The normalized spacial score (nSPS) is 20.8. The van der Waals surface area contributed by atoms with Gasteiger partial charge in [-0.05, 0) is 152 Å². The zero-order valence-corrected chi connectivity index (χ0v) is 41.5. The Morgan fingerprint density at radius 1 is 0.477 bits per heavy atom. The summed E-state index contributed by atoms with van der Waals surface area (Å²) in [7, 11) is 0. The van der Waals surface area contributed by atoms with Gasteiger partial charge in [-0.3, -0.25) is 0 Å². The Hall–Kier alpha value is -5.04. The van der Waals surface area contributed by atoms with Crippen molar-refractivity contribution >= 4 is 56.2 Å². The minimum atomic E-state index is -0.700. The van der Waals surface area contributed by atoms with E-state index in [0.717, 1.165) is 91.0 Å². The molecular formula is C59H58Br2O4. The molecular weight excluding hydrogens is 932 g/mol. The van der Waals surface area contributed by atoms with Crippen LogP contribution in [0.5, 0.6) is 23.0 Å². The molecule has 332 valence electrons. The van der Waals surface area contributed by atoms with Gasteiger partial charge in [0.1, 0.15) is 12.2 Å². The number of hydrogen-bond acceptors (Lipinski definition) is 4. The van der Waals surface area contributed by atoms with Crippen LogP contribution in [0.25, 0.3) is 46.6 Å². The quantitative estimate of drug-likeness (QED) is 0.128. The Morgan fingerprint density at radius 2 is 0.846 bits per heavy atom. The maximum absolute atomic E-state index is 7.16. The molecule has 0 bridgehead atoms.